The average Bonchev–Trinajstić information content (AvgIpc) is 2.78. The van der Waals surface area contributed by atoms with Crippen LogP contribution in [-0.4, -0.2) is 28.1 Å². The Morgan fingerprint density at radius 1 is 1.65 bits per heavy atom. The largest absolute Gasteiger partial charge is 0.396 e. The third-order valence-corrected chi connectivity index (χ3v) is 2.91. The molecule has 0 saturated carbocycles. The van der Waals surface area contributed by atoms with E-state index >= 15 is 0 Å². The highest BCUT2D eigenvalue weighted by Gasteiger charge is 2.24. The molecule has 3 N–H and O–H groups in total. The van der Waals surface area contributed by atoms with E-state index in [1.807, 2.05) is 19.9 Å². The minimum atomic E-state index is -0.427. The molecule has 0 aromatic carbocycles. The quantitative estimate of drug-likeness (QED) is 0.715. The van der Waals surface area contributed by atoms with Gasteiger partial charge in [0.05, 0.1) is 0 Å². The Hall–Kier alpha value is -1.80. The van der Waals surface area contributed by atoms with Gasteiger partial charge in [0.15, 0.2) is 0 Å². The van der Waals surface area contributed by atoms with Crippen LogP contribution in [0.5, 0.6) is 0 Å². The number of carbonyl (C=O) groups excluding carboxylic acids is 1. The van der Waals surface area contributed by atoms with Crippen molar-refractivity contribution in [2.75, 3.05) is 6.61 Å². The Kier molecular flexibility index (Phi) is 4.30. The molecule has 92 valence electrons. The van der Waals surface area contributed by atoms with Crippen LogP contribution in [0.1, 0.15) is 42.9 Å². The SMILES string of the molecule is CCC(C)(CCO)NC(=O)c1ccc(C#N)[nH]1. The summed E-state index contributed by atoms with van der Waals surface area (Å²) in [4.78, 5) is 14.6. The monoisotopic (exact) mass is 235 g/mol. The van der Waals surface area contributed by atoms with Crippen molar-refractivity contribution in [3.63, 3.8) is 0 Å². The van der Waals surface area contributed by atoms with Crippen LogP contribution in [0, 0.1) is 11.3 Å². The average molecular weight is 235 g/mol. The predicted octanol–water partition coefficient (Wildman–Crippen LogP) is 1.17. The fourth-order valence-corrected chi connectivity index (χ4v) is 1.51. The van der Waals surface area contributed by atoms with E-state index in [0.717, 1.165) is 6.42 Å². The number of aliphatic hydroxyl groups excluding tert-OH is 1. The molecule has 1 amide bonds. The first kappa shape index (κ1) is 13.3. The third-order valence-electron chi connectivity index (χ3n) is 2.91. The number of nitrogens with zero attached hydrogens (tertiary/aromatic N) is 1. The van der Waals surface area contributed by atoms with Crippen LogP contribution in [0.25, 0.3) is 0 Å². The van der Waals surface area contributed by atoms with Crippen LogP contribution in [0.15, 0.2) is 12.1 Å². The van der Waals surface area contributed by atoms with Crippen LogP contribution < -0.4 is 5.32 Å². The fourth-order valence-electron chi connectivity index (χ4n) is 1.51. The van der Waals surface area contributed by atoms with Gasteiger partial charge >= 0.3 is 0 Å². The predicted molar refractivity (Wildman–Crippen MR) is 63.4 cm³/mol. The minimum absolute atomic E-state index is 0.0266. The van der Waals surface area contributed by atoms with Gasteiger partial charge in [0.2, 0.25) is 0 Å². The molecule has 5 heteroatoms. The molecule has 1 aromatic heterocycles. The van der Waals surface area contributed by atoms with Gasteiger partial charge in [-0.2, -0.15) is 5.26 Å². The van der Waals surface area contributed by atoms with Gasteiger partial charge in [-0.1, -0.05) is 6.92 Å². The van der Waals surface area contributed by atoms with Gasteiger partial charge in [-0.3, -0.25) is 4.79 Å². The summed E-state index contributed by atoms with van der Waals surface area (Å²) in [6.07, 6.45) is 1.23. The maximum Gasteiger partial charge on any atom is 0.268 e. The Balaban J connectivity index is 2.74. The van der Waals surface area contributed by atoms with Gasteiger partial charge in [-0.05, 0) is 31.9 Å². The zero-order valence-electron chi connectivity index (χ0n) is 10.1. The maximum atomic E-state index is 11.9. The van der Waals surface area contributed by atoms with Gasteiger partial charge in [0, 0.05) is 12.1 Å². The van der Waals surface area contributed by atoms with Crippen molar-refractivity contribution < 1.29 is 9.90 Å². The van der Waals surface area contributed by atoms with E-state index in [4.69, 9.17) is 10.4 Å². The molecule has 1 rings (SSSR count). The number of nitriles is 1. The third kappa shape index (κ3) is 3.33. The number of carbonyl (C=O) groups is 1. The van der Waals surface area contributed by atoms with E-state index in [9.17, 15) is 4.79 Å². The molecule has 0 aliphatic carbocycles. The van der Waals surface area contributed by atoms with E-state index in [0.29, 0.717) is 17.8 Å². The van der Waals surface area contributed by atoms with Gasteiger partial charge in [0.25, 0.3) is 5.91 Å². The number of rotatable bonds is 5. The number of nitrogens with one attached hydrogen (secondary N) is 2. The molecule has 0 aliphatic heterocycles. The summed E-state index contributed by atoms with van der Waals surface area (Å²) in [5.41, 5.74) is 0.290. The van der Waals surface area contributed by atoms with Crippen molar-refractivity contribution >= 4 is 5.91 Å². The molecule has 0 radical (unpaired) electrons. The number of aromatic amines is 1. The summed E-state index contributed by atoms with van der Waals surface area (Å²) in [6, 6.07) is 5.06. The molecule has 1 aromatic rings. The highest BCUT2D eigenvalue weighted by atomic mass is 16.3. The van der Waals surface area contributed by atoms with E-state index in [1.54, 1.807) is 12.1 Å². The summed E-state index contributed by atoms with van der Waals surface area (Å²) < 4.78 is 0. The number of H-pyrrole nitrogens is 1. The van der Waals surface area contributed by atoms with Crippen LogP contribution >= 0.6 is 0 Å². The van der Waals surface area contributed by atoms with Crippen molar-refractivity contribution in [2.45, 2.75) is 32.2 Å². The van der Waals surface area contributed by atoms with Crippen molar-refractivity contribution in [1.82, 2.24) is 10.3 Å². The molecule has 17 heavy (non-hydrogen) atoms. The summed E-state index contributed by atoms with van der Waals surface area (Å²) in [5, 5.41) is 20.5. The van der Waals surface area contributed by atoms with E-state index in [2.05, 4.69) is 10.3 Å². The lowest BCUT2D eigenvalue weighted by molar-refractivity contribution is 0.0881. The molecule has 1 atom stereocenters. The highest BCUT2D eigenvalue weighted by molar-refractivity contribution is 5.93. The number of hydrogen-bond acceptors (Lipinski definition) is 3. The van der Waals surface area contributed by atoms with E-state index in [1.165, 1.54) is 0 Å². The number of amides is 1. The van der Waals surface area contributed by atoms with Crippen LogP contribution in [0.4, 0.5) is 0 Å². The van der Waals surface area contributed by atoms with Crippen LogP contribution in [0.3, 0.4) is 0 Å². The van der Waals surface area contributed by atoms with Gasteiger partial charge in [-0.15, -0.1) is 0 Å². The number of aliphatic hydroxyl groups is 1. The summed E-state index contributed by atoms with van der Waals surface area (Å²) in [7, 11) is 0. The van der Waals surface area contributed by atoms with Crippen molar-refractivity contribution in [3.05, 3.63) is 23.5 Å². The lowest BCUT2D eigenvalue weighted by atomic mass is 9.95. The van der Waals surface area contributed by atoms with Gasteiger partial charge < -0.3 is 15.4 Å². The molecule has 5 nitrogen and oxygen atoms in total. The zero-order valence-corrected chi connectivity index (χ0v) is 10.1. The normalized spacial score (nSPS) is 13.8. The smallest absolute Gasteiger partial charge is 0.268 e. The fraction of sp³-hybridized carbons (Fsp3) is 0.500. The summed E-state index contributed by atoms with van der Waals surface area (Å²) >= 11 is 0. The first-order chi connectivity index (χ1) is 8.04. The second-order valence-electron chi connectivity index (χ2n) is 4.24. The topological polar surface area (TPSA) is 88.9 Å². The molecular formula is C12H17N3O2. The molecular weight excluding hydrogens is 218 g/mol. The van der Waals surface area contributed by atoms with E-state index < -0.39 is 5.54 Å². The summed E-state index contributed by atoms with van der Waals surface area (Å²) in [5.74, 6) is -0.260. The Bertz CT molecular complexity index is 433. The summed E-state index contributed by atoms with van der Waals surface area (Å²) in [6.45, 7) is 3.86. The molecule has 0 spiro atoms. The first-order valence-electron chi connectivity index (χ1n) is 5.57. The number of hydrogen-bond donors (Lipinski definition) is 3. The molecule has 0 fully saturated rings. The first-order valence-corrected chi connectivity index (χ1v) is 5.57. The molecule has 0 saturated heterocycles. The lowest BCUT2D eigenvalue weighted by Gasteiger charge is -2.28. The number of aromatic nitrogens is 1. The Morgan fingerprint density at radius 2 is 2.35 bits per heavy atom. The van der Waals surface area contributed by atoms with Crippen molar-refractivity contribution in [3.8, 4) is 6.07 Å². The van der Waals surface area contributed by atoms with Crippen molar-refractivity contribution in [1.29, 1.82) is 5.26 Å². The van der Waals surface area contributed by atoms with Gasteiger partial charge in [-0.25, -0.2) is 0 Å². The van der Waals surface area contributed by atoms with Crippen LogP contribution in [-0.2, 0) is 0 Å². The van der Waals surface area contributed by atoms with Crippen LogP contribution in [0.2, 0.25) is 0 Å². The van der Waals surface area contributed by atoms with Gasteiger partial charge in [0.1, 0.15) is 17.5 Å². The zero-order chi connectivity index (χ0) is 12.9. The lowest BCUT2D eigenvalue weighted by Crippen LogP contribution is -2.46. The maximum absolute atomic E-state index is 11.9. The Labute approximate surface area is 100 Å². The minimum Gasteiger partial charge on any atom is -0.396 e. The molecule has 1 heterocycles. The second-order valence-corrected chi connectivity index (χ2v) is 4.24. The highest BCUT2D eigenvalue weighted by Crippen LogP contribution is 2.14. The molecule has 0 bridgehead atoms. The standard InChI is InChI=1S/C12H17N3O2/c1-3-12(2,6-7-16)15-11(17)10-5-4-9(8-13)14-10/h4-5,14,16H,3,6-7H2,1-2H3,(H,15,17). The van der Waals surface area contributed by atoms with E-state index in [-0.39, 0.29) is 12.5 Å². The molecule has 1 unspecified atom stereocenters. The Morgan fingerprint density at radius 3 is 2.82 bits per heavy atom. The van der Waals surface area contributed by atoms with Crippen molar-refractivity contribution in [2.24, 2.45) is 0 Å². The molecule has 0 aliphatic rings. The second kappa shape index (κ2) is 5.51.